The fraction of sp³-hybridized carbons (Fsp3) is 0.412. The number of carbonyl (C=O) groups excluding carboxylic acids is 1. The lowest BCUT2D eigenvalue weighted by Crippen LogP contribution is -2.20. The Morgan fingerprint density at radius 1 is 1.48 bits per heavy atom. The van der Waals surface area contributed by atoms with Crippen LogP contribution in [0.15, 0.2) is 31.0 Å². The first kappa shape index (κ1) is 13.9. The second-order valence-corrected chi connectivity index (χ2v) is 6.00. The van der Waals surface area contributed by atoms with Gasteiger partial charge in [0, 0.05) is 5.39 Å². The summed E-state index contributed by atoms with van der Waals surface area (Å²) in [6.45, 7) is 8.00. The van der Waals surface area contributed by atoms with Crippen LogP contribution in [0.3, 0.4) is 0 Å². The van der Waals surface area contributed by atoms with Gasteiger partial charge in [0.2, 0.25) is 0 Å². The van der Waals surface area contributed by atoms with E-state index in [-0.39, 0.29) is 18.1 Å². The number of esters is 1. The molecule has 2 aromatic rings. The molecule has 1 heterocycles. The fourth-order valence-corrected chi connectivity index (χ4v) is 2.92. The van der Waals surface area contributed by atoms with E-state index in [4.69, 9.17) is 4.74 Å². The van der Waals surface area contributed by atoms with Crippen molar-refractivity contribution >= 4 is 16.9 Å². The smallest absolute Gasteiger partial charge is 0.314 e. The van der Waals surface area contributed by atoms with Crippen molar-refractivity contribution in [2.45, 2.75) is 39.8 Å². The van der Waals surface area contributed by atoms with E-state index in [0.717, 1.165) is 29.3 Å². The van der Waals surface area contributed by atoms with Crippen molar-refractivity contribution in [1.82, 2.24) is 9.78 Å². The zero-order valence-corrected chi connectivity index (χ0v) is 12.6. The van der Waals surface area contributed by atoms with Gasteiger partial charge in [-0.3, -0.25) is 4.79 Å². The number of aromatic nitrogens is 2. The Morgan fingerprint density at radius 2 is 2.24 bits per heavy atom. The highest BCUT2D eigenvalue weighted by Crippen LogP contribution is 2.50. The zero-order valence-electron chi connectivity index (χ0n) is 12.6. The number of hydrogen-bond acceptors (Lipinski definition) is 3. The molecule has 0 spiro atoms. The van der Waals surface area contributed by atoms with Gasteiger partial charge in [0.25, 0.3) is 0 Å². The summed E-state index contributed by atoms with van der Waals surface area (Å²) in [6, 6.07) is 4.20. The van der Waals surface area contributed by atoms with E-state index in [2.05, 4.69) is 37.7 Å². The van der Waals surface area contributed by atoms with E-state index in [1.54, 1.807) is 10.8 Å². The maximum atomic E-state index is 12.2. The van der Waals surface area contributed by atoms with Gasteiger partial charge in [-0.2, -0.15) is 5.10 Å². The highest BCUT2D eigenvalue weighted by atomic mass is 16.5. The summed E-state index contributed by atoms with van der Waals surface area (Å²) in [7, 11) is 0. The predicted molar refractivity (Wildman–Crippen MR) is 81.8 cm³/mol. The van der Waals surface area contributed by atoms with Crippen LogP contribution in [0, 0.1) is 19.3 Å². The SMILES string of the molecule is C=CCC1(C(=O)OCn2ncc3cc(C)cc(C)c32)CC1. The number of nitrogens with zero attached hydrogens (tertiary/aromatic N) is 2. The molecule has 0 saturated heterocycles. The molecule has 1 aromatic heterocycles. The molecule has 0 N–H and O–H groups in total. The fourth-order valence-electron chi connectivity index (χ4n) is 2.92. The van der Waals surface area contributed by atoms with Gasteiger partial charge < -0.3 is 4.74 Å². The lowest BCUT2D eigenvalue weighted by molar-refractivity contribution is -0.154. The largest absolute Gasteiger partial charge is 0.442 e. The molecule has 1 saturated carbocycles. The third-order valence-corrected chi connectivity index (χ3v) is 4.21. The first-order chi connectivity index (χ1) is 10.1. The normalized spacial score (nSPS) is 15.9. The van der Waals surface area contributed by atoms with Crippen molar-refractivity contribution in [3.05, 3.63) is 42.1 Å². The Hall–Kier alpha value is -2.10. The van der Waals surface area contributed by atoms with E-state index in [1.165, 1.54) is 5.56 Å². The molecule has 0 bridgehead atoms. The lowest BCUT2D eigenvalue weighted by atomic mass is 10.0. The van der Waals surface area contributed by atoms with Gasteiger partial charge in [-0.1, -0.05) is 17.7 Å². The number of ether oxygens (including phenoxy) is 1. The number of fused-ring (bicyclic) bond motifs is 1. The summed E-state index contributed by atoms with van der Waals surface area (Å²) in [5.74, 6) is -0.129. The van der Waals surface area contributed by atoms with Gasteiger partial charge in [-0.05, 0) is 44.7 Å². The van der Waals surface area contributed by atoms with E-state index in [1.807, 2.05) is 6.20 Å². The van der Waals surface area contributed by atoms with E-state index in [9.17, 15) is 4.79 Å². The molecule has 4 heteroatoms. The molecular weight excluding hydrogens is 264 g/mol. The second-order valence-electron chi connectivity index (χ2n) is 6.00. The number of rotatable bonds is 5. The molecule has 0 atom stereocenters. The number of allylic oxidation sites excluding steroid dienone is 1. The summed E-state index contributed by atoms with van der Waals surface area (Å²) in [4.78, 5) is 12.2. The minimum atomic E-state index is -0.309. The molecule has 0 unspecified atom stereocenters. The number of aryl methyl sites for hydroxylation is 2. The van der Waals surface area contributed by atoms with Crippen LogP contribution in [0.2, 0.25) is 0 Å². The maximum Gasteiger partial charge on any atom is 0.314 e. The zero-order chi connectivity index (χ0) is 15.0. The Kier molecular flexibility index (Phi) is 3.32. The number of hydrogen-bond donors (Lipinski definition) is 0. The summed E-state index contributed by atoms with van der Waals surface area (Å²) < 4.78 is 7.23. The highest BCUT2D eigenvalue weighted by molar-refractivity contribution is 5.83. The van der Waals surface area contributed by atoms with Crippen molar-refractivity contribution in [2.24, 2.45) is 5.41 Å². The van der Waals surface area contributed by atoms with Crippen LogP contribution in [-0.4, -0.2) is 15.7 Å². The monoisotopic (exact) mass is 284 g/mol. The Labute approximate surface area is 124 Å². The van der Waals surface area contributed by atoms with Crippen LogP contribution in [0.25, 0.3) is 10.9 Å². The Morgan fingerprint density at radius 3 is 2.90 bits per heavy atom. The van der Waals surface area contributed by atoms with Crippen LogP contribution in [0.1, 0.15) is 30.4 Å². The third-order valence-electron chi connectivity index (χ3n) is 4.21. The van der Waals surface area contributed by atoms with Crippen molar-refractivity contribution in [1.29, 1.82) is 0 Å². The first-order valence-corrected chi connectivity index (χ1v) is 7.27. The molecule has 1 fully saturated rings. The molecule has 0 aliphatic heterocycles. The summed E-state index contributed by atoms with van der Waals surface area (Å²) in [5, 5.41) is 5.42. The maximum absolute atomic E-state index is 12.2. The number of carbonyl (C=O) groups is 1. The number of benzene rings is 1. The van der Waals surface area contributed by atoms with Gasteiger partial charge in [-0.15, -0.1) is 6.58 Å². The van der Waals surface area contributed by atoms with Gasteiger partial charge in [0.05, 0.1) is 17.1 Å². The van der Waals surface area contributed by atoms with Crippen molar-refractivity contribution in [3.63, 3.8) is 0 Å². The van der Waals surface area contributed by atoms with Gasteiger partial charge in [-0.25, -0.2) is 4.68 Å². The molecule has 1 aliphatic carbocycles. The van der Waals surface area contributed by atoms with Gasteiger partial charge >= 0.3 is 5.97 Å². The predicted octanol–water partition coefficient (Wildman–Crippen LogP) is 3.51. The standard InChI is InChI=1S/C17H20N2O2/c1-4-5-17(6-7-17)16(20)21-11-19-15-13(3)8-12(2)9-14(15)10-18-19/h4,8-10H,1,5-7,11H2,2-3H3. The van der Waals surface area contributed by atoms with Crippen LogP contribution in [-0.2, 0) is 16.3 Å². The topological polar surface area (TPSA) is 44.1 Å². The van der Waals surface area contributed by atoms with Crippen molar-refractivity contribution in [2.75, 3.05) is 0 Å². The molecule has 4 nitrogen and oxygen atoms in total. The van der Waals surface area contributed by atoms with Gasteiger partial charge in [0.1, 0.15) is 0 Å². The average molecular weight is 284 g/mol. The van der Waals surface area contributed by atoms with Crippen molar-refractivity contribution in [3.8, 4) is 0 Å². The molecule has 3 rings (SSSR count). The third kappa shape index (κ3) is 2.46. The van der Waals surface area contributed by atoms with E-state index < -0.39 is 0 Å². The molecule has 1 aromatic carbocycles. The minimum absolute atomic E-state index is 0.129. The summed E-state index contributed by atoms with van der Waals surface area (Å²) >= 11 is 0. The van der Waals surface area contributed by atoms with Crippen LogP contribution in [0.4, 0.5) is 0 Å². The van der Waals surface area contributed by atoms with Crippen molar-refractivity contribution < 1.29 is 9.53 Å². The highest BCUT2D eigenvalue weighted by Gasteiger charge is 2.50. The molecule has 1 aliphatic rings. The quantitative estimate of drug-likeness (QED) is 0.623. The molecule has 21 heavy (non-hydrogen) atoms. The molecule has 0 radical (unpaired) electrons. The summed E-state index contributed by atoms with van der Waals surface area (Å²) in [6.07, 6.45) is 6.11. The molecular formula is C17H20N2O2. The van der Waals surface area contributed by atoms with Crippen LogP contribution < -0.4 is 0 Å². The first-order valence-electron chi connectivity index (χ1n) is 7.27. The molecule has 0 amide bonds. The molecule has 110 valence electrons. The minimum Gasteiger partial charge on any atom is -0.442 e. The summed E-state index contributed by atoms with van der Waals surface area (Å²) in [5.41, 5.74) is 3.07. The second kappa shape index (κ2) is 5.02. The Bertz CT molecular complexity index is 711. The van der Waals surface area contributed by atoms with Gasteiger partial charge in [0.15, 0.2) is 6.73 Å². The van der Waals surface area contributed by atoms with E-state index in [0.29, 0.717) is 6.42 Å². The average Bonchev–Trinajstić information content (AvgIpc) is 3.10. The van der Waals surface area contributed by atoms with Crippen LogP contribution >= 0.6 is 0 Å². The lowest BCUT2D eigenvalue weighted by Gasteiger charge is -2.13. The Balaban J connectivity index is 1.77. The van der Waals surface area contributed by atoms with E-state index >= 15 is 0 Å². The van der Waals surface area contributed by atoms with Crippen LogP contribution in [0.5, 0.6) is 0 Å².